The van der Waals surface area contributed by atoms with E-state index in [0.29, 0.717) is 12.1 Å². The summed E-state index contributed by atoms with van der Waals surface area (Å²) in [5.41, 5.74) is 0. The molecule has 2 aliphatic rings. The molecule has 0 saturated carbocycles. The van der Waals surface area contributed by atoms with E-state index in [1.54, 1.807) is 18.1 Å². The van der Waals surface area contributed by atoms with Crippen LogP contribution in [0, 0.1) is 0 Å². The molecule has 0 radical (unpaired) electrons. The molecule has 2 saturated heterocycles. The van der Waals surface area contributed by atoms with E-state index in [0.717, 1.165) is 17.4 Å². The van der Waals surface area contributed by atoms with Crippen molar-refractivity contribution in [3.05, 3.63) is 12.4 Å². The Labute approximate surface area is 119 Å². The van der Waals surface area contributed by atoms with E-state index >= 15 is 0 Å². The predicted molar refractivity (Wildman–Crippen MR) is 79.8 cm³/mol. The highest BCUT2D eigenvalue weighted by molar-refractivity contribution is 7.98. The summed E-state index contributed by atoms with van der Waals surface area (Å²) >= 11 is 1.69. The standard InChI is InChI=1S/C14H22N4S/c1-19-14-9-13(16-10-17-14)18-8-3-2-6-12(18)11-5-4-7-15-11/h9-12,15H,2-8H2,1H3. The highest BCUT2D eigenvalue weighted by atomic mass is 32.2. The Bertz CT molecular complexity index is 420. The zero-order valence-corrected chi connectivity index (χ0v) is 12.3. The van der Waals surface area contributed by atoms with Crippen molar-refractivity contribution in [2.24, 2.45) is 0 Å². The number of rotatable bonds is 3. The Hall–Kier alpha value is -0.810. The molecule has 1 aromatic heterocycles. The summed E-state index contributed by atoms with van der Waals surface area (Å²) in [7, 11) is 0. The molecule has 3 rings (SSSR count). The molecule has 3 heterocycles. The maximum atomic E-state index is 4.51. The summed E-state index contributed by atoms with van der Waals surface area (Å²) in [5.74, 6) is 1.11. The Morgan fingerprint density at radius 1 is 1.26 bits per heavy atom. The van der Waals surface area contributed by atoms with Crippen LogP contribution in [0.15, 0.2) is 17.4 Å². The van der Waals surface area contributed by atoms with Crippen LogP contribution in [0.25, 0.3) is 0 Å². The topological polar surface area (TPSA) is 41.0 Å². The zero-order chi connectivity index (χ0) is 13.1. The first-order chi connectivity index (χ1) is 9.38. The van der Waals surface area contributed by atoms with Gasteiger partial charge in [-0.1, -0.05) is 0 Å². The summed E-state index contributed by atoms with van der Waals surface area (Å²) in [6, 6.07) is 3.40. The van der Waals surface area contributed by atoms with Crippen molar-refractivity contribution < 1.29 is 0 Å². The summed E-state index contributed by atoms with van der Waals surface area (Å²) in [6.07, 6.45) is 10.3. The van der Waals surface area contributed by atoms with E-state index in [2.05, 4.69) is 32.5 Å². The van der Waals surface area contributed by atoms with Gasteiger partial charge in [0, 0.05) is 24.7 Å². The van der Waals surface area contributed by atoms with E-state index in [-0.39, 0.29) is 0 Å². The van der Waals surface area contributed by atoms with Crippen molar-refractivity contribution in [2.45, 2.75) is 49.2 Å². The second-order valence-electron chi connectivity index (χ2n) is 5.38. The van der Waals surface area contributed by atoms with Crippen molar-refractivity contribution in [2.75, 3.05) is 24.2 Å². The number of hydrogen-bond donors (Lipinski definition) is 1. The fourth-order valence-electron chi connectivity index (χ4n) is 3.30. The van der Waals surface area contributed by atoms with Gasteiger partial charge >= 0.3 is 0 Å². The van der Waals surface area contributed by atoms with Gasteiger partial charge in [0.25, 0.3) is 0 Å². The fraction of sp³-hybridized carbons (Fsp3) is 0.714. The van der Waals surface area contributed by atoms with Gasteiger partial charge in [-0.25, -0.2) is 9.97 Å². The fourth-order valence-corrected chi connectivity index (χ4v) is 3.67. The molecule has 1 N–H and O–H groups in total. The van der Waals surface area contributed by atoms with Crippen LogP contribution in [-0.2, 0) is 0 Å². The van der Waals surface area contributed by atoms with Crippen LogP contribution < -0.4 is 10.2 Å². The van der Waals surface area contributed by atoms with Crippen LogP contribution in [0.2, 0.25) is 0 Å². The molecule has 0 bridgehead atoms. The molecule has 0 aliphatic carbocycles. The van der Waals surface area contributed by atoms with Crippen LogP contribution >= 0.6 is 11.8 Å². The summed E-state index contributed by atoms with van der Waals surface area (Å²) < 4.78 is 0. The van der Waals surface area contributed by atoms with Crippen LogP contribution in [0.5, 0.6) is 0 Å². The Morgan fingerprint density at radius 2 is 2.21 bits per heavy atom. The number of piperidine rings is 1. The van der Waals surface area contributed by atoms with Gasteiger partial charge in [0.2, 0.25) is 0 Å². The summed E-state index contributed by atoms with van der Waals surface area (Å²) in [4.78, 5) is 11.3. The first-order valence-corrected chi connectivity index (χ1v) is 8.47. The van der Waals surface area contributed by atoms with Gasteiger partial charge in [-0.05, 0) is 44.9 Å². The quantitative estimate of drug-likeness (QED) is 0.679. The minimum Gasteiger partial charge on any atom is -0.352 e. The molecule has 2 aliphatic heterocycles. The van der Waals surface area contributed by atoms with Gasteiger partial charge in [-0.15, -0.1) is 11.8 Å². The Morgan fingerprint density at radius 3 is 3.00 bits per heavy atom. The zero-order valence-electron chi connectivity index (χ0n) is 11.5. The lowest BCUT2D eigenvalue weighted by Crippen LogP contribution is -2.50. The number of nitrogens with one attached hydrogen (secondary N) is 1. The number of hydrogen-bond acceptors (Lipinski definition) is 5. The van der Waals surface area contributed by atoms with Gasteiger partial charge in [0.1, 0.15) is 17.2 Å². The summed E-state index contributed by atoms with van der Waals surface area (Å²) in [6.45, 7) is 2.31. The first-order valence-electron chi connectivity index (χ1n) is 7.24. The molecule has 0 amide bonds. The SMILES string of the molecule is CSc1cc(N2CCCCC2C2CCCN2)ncn1. The number of nitrogens with zero attached hydrogens (tertiary/aromatic N) is 3. The molecule has 0 spiro atoms. The monoisotopic (exact) mass is 278 g/mol. The molecular formula is C14H22N4S. The third-order valence-corrected chi connectivity index (χ3v) is 4.88. The van der Waals surface area contributed by atoms with Crippen molar-refractivity contribution >= 4 is 17.6 Å². The maximum Gasteiger partial charge on any atom is 0.133 e. The van der Waals surface area contributed by atoms with Crippen LogP contribution in [0.1, 0.15) is 32.1 Å². The molecule has 104 valence electrons. The van der Waals surface area contributed by atoms with Crippen molar-refractivity contribution in [3.8, 4) is 0 Å². The minimum absolute atomic E-state index is 0.612. The van der Waals surface area contributed by atoms with Crippen LogP contribution in [0.3, 0.4) is 0 Å². The van der Waals surface area contributed by atoms with E-state index < -0.39 is 0 Å². The third-order valence-electron chi connectivity index (χ3n) is 4.24. The molecule has 1 aromatic rings. The van der Waals surface area contributed by atoms with E-state index in [1.165, 1.54) is 38.6 Å². The van der Waals surface area contributed by atoms with Crippen molar-refractivity contribution in [3.63, 3.8) is 0 Å². The third kappa shape index (κ3) is 2.87. The molecule has 2 atom stereocenters. The molecule has 2 fully saturated rings. The van der Waals surface area contributed by atoms with Crippen LogP contribution in [-0.4, -0.2) is 41.4 Å². The van der Waals surface area contributed by atoms with Crippen LogP contribution in [0.4, 0.5) is 5.82 Å². The van der Waals surface area contributed by atoms with Crippen molar-refractivity contribution in [1.82, 2.24) is 15.3 Å². The van der Waals surface area contributed by atoms with Gasteiger partial charge in [0.15, 0.2) is 0 Å². The average molecular weight is 278 g/mol. The first kappa shape index (κ1) is 13.2. The molecule has 19 heavy (non-hydrogen) atoms. The lowest BCUT2D eigenvalue weighted by Gasteiger charge is -2.40. The molecule has 0 aromatic carbocycles. The normalized spacial score (nSPS) is 27.7. The minimum atomic E-state index is 0.612. The van der Waals surface area contributed by atoms with E-state index in [4.69, 9.17) is 0 Å². The van der Waals surface area contributed by atoms with Gasteiger partial charge in [0.05, 0.1) is 0 Å². The number of aromatic nitrogens is 2. The summed E-state index contributed by atoms with van der Waals surface area (Å²) in [5, 5.41) is 4.73. The largest absolute Gasteiger partial charge is 0.352 e. The van der Waals surface area contributed by atoms with Gasteiger partial charge in [-0.3, -0.25) is 0 Å². The van der Waals surface area contributed by atoms with Crippen molar-refractivity contribution in [1.29, 1.82) is 0 Å². The molecule has 2 unspecified atom stereocenters. The smallest absolute Gasteiger partial charge is 0.133 e. The molecular weight excluding hydrogens is 256 g/mol. The second kappa shape index (κ2) is 6.09. The Kier molecular flexibility index (Phi) is 4.23. The van der Waals surface area contributed by atoms with Gasteiger partial charge in [-0.2, -0.15) is 0 Å². The van der Waals surface area contributed by atoms with E-state index in [1.807, 2.05) is 0 Å². The lowest BCUT2D eigenvalue weighted by molar-refractivity contribution is 0.376. The average Bonchev–Trinajstić information content (AvgIpc) is 3.01. The highest BCUT2D eigenvalue weighted by Crippen LogP contribution is 2.29. The van der Waals surface area contributed by atoms with Gasteiger partial charge < -0.3 is 10.2 Å². The molecule has 4 nitrogen and oxygen atoms in total. The van der Waals surface area contributed by atoms with E-state index in [9.17, 15) is 0 Å². The lowest BCUT2D eigenvalue weighted by atomic mass is 9.94. The maximum absolute atomic E-state index is 4.51. The number of anilines is 1. The molecule has 5 heteroatoms. The second-order valence-corrected chi connectivity index (χ2v) is 6.20. The highest BCUT2D eigenvalue weighted by Gasteiger charge is 2.32. The Balaban J connectivity index is 1.82. The number of thioether (sulfide) groups is 1. The predicted octanol–water partition coefficient (Wildman–Crippen LogP) is 2.31.